The molecule has 0 aromatic carbocycles. The van der Waals surface area contributed by atoms with Gasteiger partial charge in [-0.3, -0.25) is 37.3 Å². The van der Waals surface area contributed by atoms with E-state index in [0.717, 1.165) is 102 Å². The fraction of sp³-hybridized carbons (Fsp3) is 0.954. The second kappa shape index (κ2) is 78.3. The molecular weight excluding hydrogens is 1380 g/mol. The smallest absolute Gasteiger partial charge is 0.462 e. The fourth-order valence-electron chi connectivity index (χ4n) is 13.6. The minimum absolute atomic E-state index is 0.106. The average Bonchev–Trinajstić information content (AvgIpc) is 0.905. The Morgan fingerprint density at radius 1 is 0.274 bits per heavy atom. The van der Waals surface area contributed by atoms with E-state index in [1.54, 1.807) is 0 Å². The standard InChI is InChI=1S/C87H170O17P2/c1-7-10-12-14-16-18-20-22-23-24-25-26-27-31-34-37-41-45-52-58-64-70-85(90)97-75-82(103-86(91)71-65-59-53-46-42-38-35-32-29-28-30-33-36-39-43-49-55-61-67-79(4)5)77-101-105(93,94)99-73-81(88)74-100-106(95,96)102-78-83(104-87(92)72-66-60-54-48-47-50-56-62-68-80(6)9-3)76-98-84(89)69-63-57-51-44-40-21-19-17-15-13-11-8-2/h79-83,88H,7-78H2,1-6H3,(H,93,94)(H,95,96)/t80?,81-,82-,83-/m1/s1. The highest BCUT2D eigenvalue weighted by atomic mass is 31.2. The number of esters is 4. The lowest BCUT2D eigenvalue weighted by Crippen LogP contribution is -2.30. The van der Waals surface area contributed by atoms with Gasteiger partial charge in [0.15, 0.2) is 12.2 Å². The van der Waals surface area contributed by atoms with Gasteiger partial charge in [0, 0.05) is 25.7 Å². The maximum Gasteiger partial charge on any atom is 0.472 e. The Morgan fingerprint density at radius 2 is 0.481 bits per heavy atom. The maximum atomic E-state index is 13.2. The van der Waals surface area contributed by atoms with E-state index in [9.17, 15) is 43.2 Å². The summed E-state index contributed by atoms with van der Waals surface area (Å²) < 4.78 is 68.9. The molecule has 0 amide bonds. The van der Waals surface area contributed by atoms with E-state index in [2.05, 4.69) is 41.5 Å². The summed E-state index contributed by atoms with van der Waals surface area (Å²) in [5.74, 6) is -0.513. The molecule has 0 radical (unpaired) electrons. The van der Waals surface area contributed by atoms with Gasteiger partial charge in [-0.2, -0.15) is 0 Å². The second-order valence-corrected chi connectivity index (χ2v) is 34.9. The van der Waals surface area contributed by atoms with E-state index in [1.807, 2.05) is 0 Å². The molecule has 0 aliphatic carbocycles. The van der Waals surface area contributed by atoms with E-state index < -0.39 is 97.5 Å². The Morgan fingerprint density at radius 3 is 0.717 bits per heavy atom. The molecule has 0 aliphatic heterocycles. The maximum absolute atomic E-state index is 13.2. The summed E-state index contributed by atoms with van der Waals surface area (Å²) in [6.45, 7) is 9.70. The largest absolute Gasteiger partial charge is 0.472 e. The first-order valence-electron chi connectivity index (χ1n) is 45.0. The van der Waals surface area contributed by atoms with Crippen LogP contribution >= 0.6 is 15.6 Å². The Hall–Kier alpha value is -1.94. The van der Waals surface area contributed by atoms with Crippen LogP contribution in [0.3, 0.4) is 0 Å². The Balaban J connectivity index is 5.22. The lowest BCUT2D eigenvalue weighted by Gasteiger charge is -2.21. The Kier molecular flexibility index (Phi) is 76.9. The Bertz CT molecular complexity index is 2030. The molecule has 0 aliphatic rings. The zero-order valence-electron chi connectivity index (χ0n) is 69.7. The normalized spacial score (nSPS) is 14.1. The molecule has 3 N–H and O–H groups in total. The van der Waals surface area contributed by atoms with E-state index >= 15 is 0 Å². The molecule has 630 valence electrons. The number of ether oxygens (including phenoxy) is 4. The van der Waals surface area contributed by atoms with Crippen molar-refractivity contribution in [2.24, 2.45) is 11.8 Å². The molecule has 17 nitrogen and oxygen atoms in total. The van der Waals surface area contributed by atoms with Gasteiger partial charge in [-0.05, 0) is 37.5 Å². The molecule has 0 rings (SSSR count). The van der Waals surface area contributed by atoms with Crippen LogP contribution in [0, 0.1) is 11.8 Å². The molecule has 0 fully saturated rings. The number of rotatable bonds is 86. The van der Waals surface area contributed by atoms with E-state index in [4.69, 9.17) is 37.0 Å². The summed E-state index contributed by atoms with van der Waals surface area (Å²) in [7, 11) is -9.93. The molecule has 0 bridgehead atoms. The number of aliphatic hydroxyl groups excluding tert-OH is 1. The van der Waals surface area contributed by atoms with Crippen molar-refractivity contribution >= 4 is 39.5 Å². The monoisotopic (exact) mass is 1550 g/mol. The summed E-state index contributed by atoms with van der Waals surface area (Å²) in [6.07, 6.45) is 70.9. The van der Waals surface area contributed by atoms with Crippen LogP contribution in [-0.2, 0) is 65.4 Å². The number of hydrogen-bond donors (Lipinski definition) is 3. The third-order valence-electron chi connectivity index (χ3n) is 20.8. The minimum Gasteiger partial charge on any atom is -0.462 e. The number of hydrogen-bond acceptors (Lipinski definition) is 15. The van der Waals surface area contributed by atoms with Gasteiger partial charge in [-0.1, -0.05) is 414 Å². The predicted molar refractivity (Wildman–Crippen MR) is 437 cm³/mol. The van der Waals surface area contributed by atoms with Crippen LogP contribution in [0.15, 0.2) is 0 Å². The fourth-order valence-corrected chi connectivity index (χ4v) is 15.1. The summed E-state index contributed by atoms with van der Waals surface area (Å²) in [5, 5.41) is 10.7. The highest BCUT2D eigenvalue weighted by molar-refractivity contribution is 7.47. The quantitative estimate of drug-likeness (QED) is 0.0222. The van der Waals surface area contributed by atoms with Crippen molar-refractivity contribution in [2.45, 2.75) is 484 Å². The Labute approximate surface area is 651 Å². The van der Waals surface area contributed by atoms with Gasteiger partial charge >= 0.3 is 39.5 Å². The molecule has 0 aromatic rings. The van der Waals surface area contributed by atoms with Crippen LogP contribution in [0.25, 0.3) is 0 Å². The second-order valence-electron chi connectivity index (χ2n) is 32.0. The molecule has 6 atom stereocenters. The first-order chi connectivity index (χ1) is 51.4. The third kappa shape index (κ3) is 78.7. The molecule has 0 saturated heterocycles. The number of aliphatic hydroxyl groups is 1. The molecule has 0 aromatic heterocycles. The topological polar surface area (TPSA) is 237 Å². The SMILES string of the molecule is CCCCCCCCCCCCCCCCCCCCCCCC(=O)OC[C@H](COP(=O)(O)OC[C@@H](O)COP(=O)(O)OC[C@@H](COC(=O)CCCCCCCCCCCCCC)OC(=O)CCCCCCCCCCC(C)CC)OC(=O)CCCCCCCCCCCCCCCCCCCCC(C)C. The van der Waals surface area contributed by atoms with Crippen LogP contribution in [-0.4, -0.2) is 96.7 Å². The van der Waals surface area contributed by atoms with Crippen molar-refractivity contribution in [3.63, 3.8) is 0 Å². The zero-order chi connectivity index (χ0) is 77.8. The number of carbonyl (C=O) groups is 4. The van der Waals surface area contributed by atoms with Gasteiger partial charge in [-0.25, -0.2) is 9.13 Å². The number of carbonyl (C=O) groups excluding carboxylic acids is 4. The van der Waals surface area contributed by atoms with Crippen molar-refractivity contribution in [1.82, 2.24) is 0 Å². The van der Waals surface area contributed by atoms with Gasteiger partial charge < -0.3 is 33.8 Å². The highest BCUT2D eigenvalue weighted by Gasteiger charge is 2.30. The van der Waals surface area contributed by atoms with Crippen molar-refractivity contribution < 1.29 is 80.2 Å². The van der Waals surface area contributed by atoms with Crippen LogP contribution in [0.1, 0.15) is 465 Å². The predicted octanol–water partition coefficient (Wildman–Crippen LogP) is 26.6. The summed E-state index contributed by atoms with van der Waals surface area (Å²) in [4.78, 5) is 73.2. The van der Waals surface area contributed by atoms with Gasteiger partial charge in [0.25, 0.3) is 0 Å². The van der Waals surface area contributed by atoms with E-state index in [1.165, 1.54) is 283 Å². The molecule has 106 heavy (non-hydrogen) atoms. The van der Waals surface area contributed by atoms with Gasteiger partial charge in [-0.15, -0.1) is 0 Å². The van der Waals surface area contributed by atoms with Crippen LogP contribution in [0.4, 0.5) is 0 Å². The molecule has 0 saturated carbocycles. The van der Waals surface area contributed by atoms with Crippen molar-refractivity contribution in [3.8, 4) is 0 Å². The van der Waals surface area contributed by atoms with Gasteiger partial charge in [0.2, 0.25) is 0 Å². The van der Waals surface area contributed by atoms with Crippen LogP contribution < -0.4 is 0 Å². The number of phosphoric acid groups is 2. The van der Waals surface area contributed by atoms with Crippen molar-refractivity contribution in [1.29, 1.82) is 0 Å². The van der Waals surface area contributed by atoms with E-state index in [0.29, 0.717) is 25.7 Å². The van der Waals surface area contributed by atoms with Crippen molar-refractivity contribution in [3.05, 3.63) is 0 Å². The van der Waals surface area contributed by atoms with E-state index in [-0.39, 0.29) is 25.7 Å². The number of phosphoric ester groups is 2. The molecule has 0 spiro atoms. The minimum atomic E-state index is -4.97. The molecule has 19 heteroatoms. The number of unbranched alkanes of at least 4 members (excludes halogenated alkanes) is 55. The van der Waals surface area contributed by atoms with Gasteiger partial charge in [0.1, 0.15) is 19.3 Å². The van der Waals surface area contributed by atoms with Crippen molar-refractivity contribution in [2.75, 3.05) is 39.6 Å². The third-order valence-corrected chi connectivity index (χ3v) is 22.7. The molecule has 0 heterocycles. The molecule has 3 unspecified atom stereocenters. The zero-order valence-corrected chi connectivity index (χ0v) is 71.5. The lowest BCUT2D eigenvalue weighted by atomic mass is 9.99. The lowest BCUT2D eigenvalue weighted by molar-refractivity contribution is -0.161. The van der Waals surface area contributed by atoms with Crippen LogP contribution in [0.5, 0.6) is 0 Å². The van der Waals surface area contributed by atoms with Crippen LogP contribution in [0.2, 0.25) is 0 Å². The summed E-state index contributed by atoms with van der Waals surface area (Å²) in [6, 6.07) is 0. The molecular formula is C87H170O17P2. The first kappa shape index (κ1) is 104. The first-order valence-corrected chi connectivity index (χ1v) is 48.0. The average molecular weight is 1550 g/mol. The summed E-state index contributed by atoms with van der Waals surface area (Å²) >= 11 is 0. The van der Waals surface area contributed by atoms with Gasteiger partial charge in [0.05, 0.1) is 26.4 Å². The highest BCUT2D eigenvalue weighted by Crippen LogP contribution is 2.45. The summed E-state index contributed by atoms with van der Waals surface area (Å²) in [5.41, 5.74) is 0.